The maximum absolute atomic E-state index is 11.5. The summed E-state index contributed by atoms with van der Waals surface area (Å²) in [5.41, 5.74) is 2.32. The Morgan fingerprint density at radius 3 is 2.32 bits per heavy atom. The third-order valence-electron chi connectivity index (χ3n) is 4.70. The van der Waals surface area contributed by atoms with Crippen LogP contribution >= 0.6 is 0 Å². The van der Waals surface area contributed by atoms with Crippen molar-refractivity contribution < 1.29 is 14.6 Å². The zero-order chi connectivity index (χ0) is 13.5. The van der Waals surface area contributed by atoms with E-state index in [-0.39, 0.29) is 11.3 Å². The first kappa shape index (κ1) is 12.7. The zero-order valence-electron chi connectivity index (χ0n) is 11.3. The largest absolute Gasteiger partial charge is 0.481 e. The summed E-state index contributed by atoms with van der Waals surface area (Å²) in [6.45, 7) is 3.71. The number of rotatable bonds is 4. The minimum atomic E-state index is -0.685. The fourth-order valence-corrected chi connectivity index (χ4v) is 3.06. The van der Waals surface area contributed by atoms with Crippen LogP contribution in [0.5, 0.6) is 0 Å². The zero-order valence-corrected chi connectivity index (χ0v) is 11.3. The van der Waals surface area contributed by atoms with Gasteiger partial charge >= 0.3 is 5.97 Å². The van der Waals surface area contributed by atoms with Crippen LogP contribution in [0.2, 0.25) is 0 Å². The summed E-state index contributed by atoms with van der Waals surface area (Å²) in [4.78, 5) is 11.5. The smallest absolute Gasteiger partial charge is 0.311 e. The predicted octanol–water partition coefficient (Wildman–Crippen LogP) is 2.94. The number of aliphatic carboxylic acids is 1. The molecule has 0 amide bonds. The highest BCUT2D eigenvalue weighted by molar-refractivity contribution is 5.76. The molecule has 1 saturated carbocycles. The van der Waals surface area contributed by atoms with Gasteiger partial charge < -0.3 is 9.84 Å². The van der Waals surface area contributed by atoms with E-state index in [0.29, 0.717) is 5.92 Å². The molecule has 1 aromatic carbocycles. The minimum Gasteiger partial charge on any atom is -0.481 e. The van der Waals surface area contributed by atoms with Gasteiger partial charge in [0, 0.05) is 5.41 Å². The first-order valence-corrected chi connectivity index (χ1v) is 7.01. The number of carboxylic acids is 1. The van der Waals surface area contributed by atoms with Gasteiger partial charge in [0.25, 0.3) is 0 Å². The molecular formula is C16H20O3. The van der Waals surface area contributed by atoms with Crippen molar-refractivity contribution in [3.8, 4) is 0 Å². The third-order valence-corrected chi connectivity index (χ3v) is 4.70. The topological polar surface area (TPSA) is 46.5 Å². The van der Waals surface area contributed by atoms with Gasteiger partial charge in [0.05, 0.1) is 19.1 Å². The lowest BCUT2D eigenvalue weighted by Crippen LogP contribution is -2.43. The average molecular weight is 260 g/mol. The summed E-state index contributed by atoms with van der Waals surface area (Å²) in [7, 11) is 0. The van der Waals surface area contributed by atoms with Gasteiger partial charge in [0.15, 0.2) is 0 Å². The molecule has 0 radical (unpaired) electrons. The van der Waals surface area contributed by atoms with Gasteiger partial charge in [-0.05, 0) is 29.9 Å². The second-order valence-electron chi connectivity index (χ2n) is 6.18. The molecule has 1 aliphatic carbocycles. The van der Waals surface area contributed by atoms with Crippen LogP contribution in [0.4, 0.5) is 0 Å². The molecule has 3 nitrogen and oxygen atoms in total. The second-order valence-corrected chi connectivity index (χ2v) is 6.18. The first-order valence-electron chi connectivity index (χ1n) is 7.01. The normalized spacial score (nSPS) is 23.2. The highest BCUT2D eigenvalue weighted by Gasteiger charge is 2.36. The molecule has 0 spiro atoms. The van der Waals surface area contributed by atoms with Crippen molar-refractivity contribution in [2.45, 2.75) is 37.5 Å². The lowest BCUT2D eigenvalue weighted by molar-refractivity contribution is -0.141. The molecule has 3 heteroatoms. The van der Waals surface area contributed by atoms with Gasteiger partial charge in [0.1, 0.15) is 0 Å². The molecule has 1 heterocycles. The van der Waals surface area contributed by atoms with Crippen molar-refractivity contribution in [3.05, 3.63) is 35.4 Å². The van der Waals surface area contributed by atoms with Gasteiger partial charge in [-0.3, -0.25) is 4.79 Å². The number of hydrogen-bond acceptors (Lipinski definition) is 2. The van der Waals surface area contributed by atoms with Gasteiger partial charge in [-0.25, -0.2) is 0 Å². The lowest BCUT2D eigenvalue weighted by atomic mass is 9.72. The van der Waals surface area contributed by atoms with Crippen molar-refractivity contribution in [1.82, 2.24) is 0 Å². The van der Waals surface area contributed by atoms with Gasteiger partial charge in [0.2, 0.25) is 0 Å². The molecular weight excluding hydrogens is 240 g/mol. The molecule has 1 atom stereocenters. The fraction of sp³-hybridized carbons (Fsp3) is 0.562. The molecule has 19 heavy (non-hydrogen) atoms. The molecule has 1 saturated heterocycles. The Kier molecular flexibility index (Phi) is 3.09. The fourth-order valence-electron chi connectivity index (χ4n) is 3.06. The van der Waals surface area contributed by atoms with E-state index >= 15 is 0 Å². The van der Waals surface area contributed by atoms with E-state index in [1.165, 1.54) is 12.0 Å². The van der Waals surface area contributed by atoms with Crippen molar-refractivity contribution in [1.29, 1.82) is 0 Å². The molecule has 0 bridgehead atoms. The van der Waals surface area contributed by atoms with E-state index in [1.807, 2.05) is 12.1 Å². The third kappa shape index (κ3) is 2.16. The van der Waals surface area contributed by atoms with Crippen molar-refractivity contribution in [2.24, 2.45) is 5.92 Å². The van der Waals surface area contributed by atoms with Gasteiger partial charge in [-0.15, -0.1) is 0 Å². The Morgan fingerprint density at radius 2 is 1.95 bits per heavy atom. The Labute approximate surface area is 113 Å². The molecule has 1 aliphatic heterocycles. The van der Waals surface area contributed by atoms with Gasteiger partial charge in [-0.2, -0.15) is 0 Å². The van der Waals surface area contributed by atoms with Crippen LogP contribution in [0.3, 0.4) is 0 Å². The van der Waals surface area contributed by atoms with E-state index in [9.17, 15) is 9.90 Å². The number of carbonyl (C=O) groups is 1. The summed E-state index contributed by atoms with van der Waals surface area (Å²) >= 11 is 0. The highest BCUT2D eigenvalue weighted by atomic mass is 16.5. The SMILES string of the molecule is CC1(c2ccc(C(C(=O)O)C3CCC3)cc2)COC1. The van der Waals surface area contributed by atoms with E-state index in [0.717, 1.165) is 31.6 Å². The summed E-state index contributed by atoms with van der Waals surface area (Å²) in [6.07, 6.45) is 3.26. The highest BCUT2D eigenvalue weighted by Crippen LogP contribution is 2.40. The first-order chi connectivity index (χ1) is 9.10. The standard InChI is InChI=1S/C16H20O3/c1-16(9-19-10-16)13-7-5-12(6-8-13)14(15(17)18)11-3-2-4-11/h5-8,11,14H,2-4,9-10H2,1H3,(H,17,18). The summed E-state index contributed by atoms with van der Waals surface area (Å²) in [6, 6.07) is 8.14. The Hall–Kier alpha value is -1.35. The molecule has 3 rings (SSSR count). The predicted molar refractivity (Wildman–Crippen MR) is 72.3 cm³/mol. The monoisotopic (exact) mass is 260 g/mol. The summed E-state index contributed by atoms with van der Waals surface area (Å²) < 4.78 is 5.28. The molecule has 2 aliphatic rings. The van der Waals surface area contributed by atoms with Gasteiger partial charge in [-0.1, -0.05) is 37.6 Å². The van der Waals surface area contributed by atoms with Crippen LogP contribution in [0, 0.1) is 5.92 Å². The van der Waals surface area contributed by atoms with E-state index in [2.05, 4.69) is 19.1 Å². The number of ether oxygens (including phenoxy) is 1. The Bertz CT molecular complexity index is 469. The van der Waals surface area contributed by atoms with E-state index in [1.54, 1.807) is 0 Å². The average Bonchev–Trinajstić information content (AvgIpc) is 2.30. The summed E-state index contributed by atoms with van der Waals surface area (Å²) in [5, 5.41) is 9.43. The Balaban J connectivity index is 1.82. The van der Waals surface area contributed by atoms with Crippen LogP contribution < -0.4 is 0 Å². The molecule has 0 aromatic heterocycles. The quantitative estimate of drug-likeness (QED) is 0.905. The maximum Gasteiger partial charge on any atom is 0.311 e. The van der Waals surface area contributed by atoms with Crippen molar-refractivity contribution in [3.63, 3.8) is 0 Å². The summed E-state index contributed by atoms with van der Waals surface area (Å²) in [5.74, 6) is -0.685. The number of benzene rings is 1. The van der Waals surface area contributed by atoms with Crippen LogP contribution in [0.1, 0.15) is 43.2 Å². The minimum absolute atomic E-state index is 0.119. The van der Waals surface area contributed by atoms with Crippen molar-refractivity contribution >= 4 is 5.97 Å². The van der Waals surface area contributed by atoms with Crippen LogP contribution in [-0.2, 0) is 14.9 Å². The van der Waals surface area contributed by atoms with Crippen molar-refractivity contribution in [2.75, 3.05) is 13.2 Å². The van der Waals surface area contributed by atoms with Crippen LogP contribution in [0.25, 0.3) is 0 Å². The molecule has 1 N–H and O–H groups in total. The Morgan fingerprint density at radius 1 is 1.32 bits per heavy atom. The molecule has 2 fully saturated rings. The maximum atomic E-state index is 11.5. The molecule has 102 valence electrons. The second kappa shape index (κ2) is 4.64. The molecule has 1 aromatic rings. The number of carboxylic acid groups (broad SMARTS) is 1. The molecule has 1 unspecified atom stereocenters. The number of hydrogen-bond donors (Lipinski definition) is 1. The van der Waals surface area contributed by atoms with E-state index < -0.39 is 5.97 Å². The van der Waals surface area contributed by atoms with E-state index in [4.69, 9.17) is 4.74 Å². The van der Waals surface area contributed by atoms with Crippen LogP contribution in [-0.4, -0.2) is 24.3 Å². The lowest BCUT2D eigenvalue weighted by Gasteiger charge is -2.39. The van der Waals surface area contributed by atoms with Crippen LogP contribution in [0.15, 0.2) is 24.3 Å².